The lowest BCUT2D eigenvalue weighted by molar-refractivity contribution is -0.144. The van der Waals surface area contributed by atoms with E-state index in [1.807, 2.05) is 0 Å². The largest absolute Gasteiger partial charge is 0.465 e. The predicted molar refractivity (Wildman–Crippen MR) is 78.8 cm³/mol. The van der Waals surface area contributed by atoms with Crippen LogP contribution in [0.3, 0.4) is 0 Å². The summed E-state index contributed by atoms with van der Waals surface area (Å²) in [4.78, 5) is 26.9. The SMILES string of the molecule is CCOC(=O)c1nc(CSCC(N)C(=O)OCC)cs1. The number of hydrogen-bond acceptors (Lipinski definition) is 8. The molecule has 112 valence electrons. The second-order valence-electron chi connectivity index (χ2n) is 3.74. The van der Waals surface area contributed by atoms with Crippen LogP contribution in [0.5, 0.6) is 0 Å². The average molecular weight is 318 g/mol. The minimum absolute atomic E-state index is 0.326. The van der Waals surface area contributed by atoms with Crippen molar-refractivity contribution in [3.8, 4) is 0 Å². The summed E-state index contributed by atoms with van der Waals surface area (Å²) in [6.07, 6.45) is 0. The summed E-state index contributed by atoms with van der Waals surface area (Å²) in [6.45, 7) is 4.14. The molecule has 0 saturated heterocycles. The molecule has 1 aromatic heterocycles. The summed E-state index contributed by atoms with van der Waals surface area (Å²) in [6, 6.07) is -0.636. The van der Waals surface area contributed by atoms with Crippen LogP contribution in [0.1, 0.15) is 29.3 Å². The van der Waals surface area contributed by atoms with E-state index in [0.29, 0.717) is 29.7 Å². The highest BCUT2D eigenvalue weighted by molar-refractivity contribution is 7.98. The third kappa shape index (κ3) is 5.48. The maximum Gasteiger partial charge on any atom is 0.367 e. The number of thiazole rings is 1. The molecule has 1 rings (SSSR count). The van der Waals surface area contributed by atoms with Gasteiger partial charge in [0.2, 0.25) is 5.01 Å². The number of aromatic nitrogens is 1. The molecule has 0 aliphatic carbocycles. The highest BCUT2D eigenvalue weighted by Crippen LogP contribution is 2.17. The van der Waals surface area contributed by atoms with Gasteiger partial charge < -0.3 is 15.2 Å². The van der Waals surface area contributed by atoms with E-state index in [2.05, 4.69) is 4.98 Å². The molecule has 20 heavy (non-hydrogen) atoms. The Morgan fingerprint density at radius 2 is 2.10 bits per heavy atom. The molecule has 1 unspecified atom stereocenters. The lowest BCUT2D eigenvalue weighted by atomic mass is 10.4. The zero-order valence-electron chi connectivity index (χ0n) is 11.5. The van der Waals surface area contributed by atoms with E-state index in [0.717, 1.165) is 5.69 Å². The molecular weight excluding hydrogens is 300 g/mol. The fourth-order valence-corrected chi connectivity index (χ4v) is 2.95. The van der Waals surface area contributed by atoms with Gasteiger partial charge in [0.05, 0.1) is 18.9 Å². The van der Waals surface area contributed by atoms with Crippen molar-refractivity contribution in [3.63, 3.8) is 0 Å². The van der Waals surface area contributed by atoms with E-state index in [9.17, 15) is 9.59 Å². The molecule has 0 amide bonds. The average Bonchev–Trinajstić information content (AvgIpc) is 2.88. The number of carbonyl (C=O) groups excluding carboxylic acids is 2. The first-order valence-electron chi connectivity index (χ1n) is 6.19. The van der Waals surface area contributed by atoms with Crippen LogP contribution >= 0.6 is 23.1 Å². The Morgan fingerprint density at radius 3 is 2.75 bits per heavy atom. The molecule has 1 heterocycles. The summed E-state index contributed by atoms with van der Waals surface area (Å²) in [7, 11) is 0. The number of esters is 2. The Labute approximate surface area is 126 Å². The molecule has 1 atom stereocenters. The van der Waals surface area contributed by atoms with Crippen molar-refractivity contribution in [2.24, 2.45) is 5.73 Å². The Hall–Kier alpha value is -1.12. The van der Waals surface area contributed by atoms with Gasteiger partial charge in [-0.15, -0.1) is 11.3 Å². The standard InChI is InChI=1S/C12H18N2O4S2/c1-3-17-11(15)9(13)7-19-5-8-6-20-10(14-8)12(16)18-4-2/h6,9H,3-5,7,13H2,1-2H3. The zero-order chi connectivity index (χ0) is 15.0. The van der Waals surface area contributed by atoms with Crippen LogP contribution in [0.2, 0.25) is 0 Å². The van der Waals surface area contributed by atoms with Crippen molar-refractivity contribution in [2.45, 2.75) is 25.6 Å². The number of carbonyl (C=O) groups is 2. The van der Waals surface area contributed by atoms with Crippen molar-refractivity contribution in [1.82, 2.24) is 4.98 Å². The lowest BCUT2D eigenvalue weighted by Crippen LogP contribution is -2.34. The highest BCUT2D eigenvalue weighted by Gasteiger charge is 2.15. The van der Waals surface area contributed by atoms with Gasteiger partial charge in [-0.2, -0.15) is 11.8 Å². The number of hydrogen-bond donors (Lipinski definition) is 1. The number of thioether (sulfide) groups is 1. The van der Waals surface area contributed by atoms with Crippen molar-refractivity contribution < 1.29 is 19.1 Å². The van der Waals surface area contributed by atoms with Crippen LogP contribution in [0.25, 0.3) is 0 Å². The first kappa shape index (κ1) is 16.9. The van der Waals surface area contributed by atoms with Crippen molar-refractivity contribution in [3.05, 3.63) is 16.1 Å². The Kier molecular flexibility index (Phi) is 7.56. The minimum atomic E-state index is -0.636. The van der Waals surface area contributed by atoms with Gasteiger partial charge in [-0.3, -0.25) is 4.79 Å². The predicted octanol–water partition coefficient (Wildman–Crippen LogP) is 1.44. The molecule has 8 heteroatoms. The second kappa shape index (κ2) is 8.93. The van der Waals surface area contributed by atoms with Crippen LogP contribution in [-0.4, -0.2) is 41.9 Å². The third-order valence-corrected chi connectivity index (χ3v) is 4.10. The zero-order valence-corrected chi connectivity index (χ0v) is 13.1. The van der Waals surface area contributed by atoms with Crippen LogP contribution in [0.15, 0.2) is 5.38 Å². The Balaban J connectivity index is 2.35. The van der Waals surface area contributed by atoms with Crippen LogP contribution in [-0.2, 0) is 20.0 Å². The van der Waals surface area contributed by atoms with Crippen molar-refractivity contribution in [2.75, 3.05) is 19.0 Å². The molecule has 0 radical (unpaired) electrons. The van der Waals surface area contributed by atoms with Crippen LogP contribution in [0.4, 0.5) is 0 Å². The number of nitrogens with zero attached hydrogens (tertiary/aromatic N) is 1. The summed E-state index contributed by atoms with van der Waals surface area (Å²) in [5.74, 6) is 0.233. The van der Waals surface area contributed by atoms with Crippen molar-refractivity contribution in [1.29, 1.82) is 0 Å². The molecule has 0 saturated carbocycles. The first-order chi connectivity index (χ1) is 9.58. The molecule has 0 aromatic carbocycles. The summed E-state index contributed by atoms with van der Waals surface area (Å²) in [5, 5.41) is 2.15. The number of nitrogens with two attached hydrogens (primary N) is 1. The van der Waals surface area contributed by atoms with Gasteiger partial charge in [-0.1, -0.05) is 0 Å². The minimum Gasteiger partial charge on any atom is -0.465 e. The van der Waals surface area contributed by atoms with Gasteiger partial charge in [0.15, 0.2) is 0 Å². The van der Waals surface area contributed by atoms with E-state index in [1.165, 1.54) is 23.1 Å². The first-order valence-corrected chi connectivity index (χ1v) is 8.23. The van der Waals surface area contributed by atoms with Crippen LogP contribution < -0.4 is 5.73 Å². The van der Waals surface area contributed by atoms with Crippen LogP contribution in [0, 0.1) is 0 Å². The lowest BCUT2D eigenvalue weighted by Gasteiger charge is -2.09. The van der Waals surface area contributed by atoms with E-state index >= 15 is 0 Å². The second-order valence-corrected chi connectivity index (χ2v) is 5.63. The maximum absolute atomic E-state index is 11.4. The summed E-state index contributed by atoms with van der Waals surface area (Å²) < 4.78 is 9.68. The van der Waals surface area contributed by atoms with E-state index in [-0.39, 0.29) is 0 Å². The number of ether oxygens (including phenoxy) is 2. The topological polar surface area (TPSA) is 91.5 Å². The molecule has 0 aliphatic heterocycles. The Bertz CT molecular complexity index is 450. The molecule has 0 aliphatic rings. The van der Waals surface area contributed by atoms with Gasteiger partial charge in [-0.05, 0) is 13.8 Å². The Morgan fingerprint density at radius 1 is 1.40 bits per heavy atom. The van der Waals surface area contributed by atoms with Gasteiger partial charge >= 0.3 is 11.9 Å². The molecule has 0 bridgehead atoms. The quantitative estimate of drug-likeness (QED) is 0.725. The third-order valence-electron chi connectivity index (χ3n) is 2.14. The van der Waals surface area contributed by atoms with Crippen molar-refractivity contribution >= 4 is 35.0 Å². The molecule has 1 aromatic rings. The monoisotopic (exact) mass is 318 g/mol. The fourth-order valence-electron chi connectivity index (χ4n) is 1.27. The van der Waals surface area contributed by atoms with Gasteiger partial charge in [0.1, 0.15) is 6.04 Å². The smallest absolute Gasteiger partial charge is 0.367 e. The molecule has 0 spiro atoms. The van der Waals surface area contributed by atoms with Gasteiger partial charge in [-0.25, -0.2) is 9.78 Å². The van der Waals surface area contributed by atoms with E-state index < -0.39 is 18.0 Å². The molecular formula is C12H18N2O4S2. The normalized spacial score (nSPS) is 11.9. The highest BCUT2D eigenvalue weighted by atomic mass is 32.2. The maximum atomic E-state index is 11.4. The molecule has 0 fully saturated rings. The molecule has 6 nitrogen and oxygen atoms in total. The fraction of sp³-hybridized carbons (Fsp3) is 0.583. The van der Waals surface area contributed by atoms with Gasteiger partial charge in [0.25, 0.3) is 0 Å². The summed E-state index contributed by atoms with van der Waals surface area (Å²) >= 11 is 2.72. The number of rotatable bonds is 8. The molecule has 2 N–H and O–H groups in total. The van der Waals surface area contributed by atoms with Gasteiger partial charge in [0, 0.05) is 16.9 Å². The van der Waals surface area contributed by atoms with E-state index in [1.54, 1.807) is 19.2 Å². The summed E-state index contributed by atoms with van der Waals surface area (Å²) in [5.41, 5.74) is 6.45. The van der Waals surface area contributed by atoms with E-state index in [4.69, 9.17) is 15.2 Å².